The third kappa shape index (κ3) is 2.81. The zero-order valence-corrected chi connectivity index (χ0v) is 11.5. The minimum atomic E-state index is -1.08. The molecular formula is C16H12F2N3O. The first-order chi connectivity index (χ1) is 10.7. The lowest BCUT2D eigenvalue weighted by Crippen LogP contribution is -1.94. The minimum absolute atomic E-state index is 0.143. The highest BCUT2D eigenvalue weighted by atomic mass is 19.1. The molecule has 0 saturated carbocycles. The van der Waals surface area contributed by atoms with E-state index in [0.29, 0.717) is 17.2 Å². The number of nitrogens with one attached hydrogen (secondary N) is 1. The van der Waals surface area contributed by atoms with Crippen molar-refractivity contribution in [1.29, 1.82) is 0 Å². The first-order valence-corrected chi connectivity index (χ1v) is 6.51. The molecule has 3 rings (SSSR count). The number of aromatic nitrogens is 3. The molecule has 0 bridgehead atoms. The van der Waals surface area contributed by atoms with Crippen molar-refractivity contribution < 1.29 is 13.5 Å². The molecule has 0 aliphatic carbocycles. The molecule has 1 aromatic heterocycles. The van der Waals surface area contributed by atoms with Gasteiger partial charge in [-0.3, -0.25) is 5.10 Å². The predicted octanol–water partition coefficient (Wildman–Crippen LogP) is 3.77. The van der Waals surface area contributed by atoms with Gasteiger partial charge in [-0.2, -0.15) is 5.10 Å². The maximum absolute atomic E-state index is 13.7. The van der Waals surface area contributed by atoms with Gasteiger partial charge >= 0.3 is 0 Å². The fourth-order valence-corrected chi connectivity index (χ4v) is 2.05. The molecule has 0 spiro atoms. The molecule has 0 aliphatic heterocycles. The van der Waals surface area contributed by atoms with Crippen LogP contribution in [0.25, 0.3) is 22.8 Å². The summed E-state index contributed by atoms with van der Waals surface area (Å²) in [6.07, 6.45) is 0. The van der Waals surface area contributed by atoms with E-state index in [-0.39, 0.29) is 5.75 Å². The molecule has 1 heterocycles. The lowest BCUT2D eigenvalue weighted by molar-refractivity contribution is 0.184. The summed E-state index contributed by atoms with van der Waals surface area (Å²) in [6, 6.07) is 11.6. The van der Waals surface area contributed by atoms with E-state index < -0.39 is 12.7 Å². The zero-order chi connectivity index (χ0) is 15.5. The number of H-pyrrole nitrogens is 1. The minimum Gasteiger partial charge on any atom is -0.460 e. The van der Waals surface area contributed by atoms with E-state index in [2.05, 4.69) is 26.8 Å². The van der Waals surface area contributed by atoms with Crippen LogP contribution < -0.4 is 4.74 Å². The van der Waals surface area contributed by atoms with Crippen LogP contribution in [0.1, 0.15) is 5.56 Å². The quantitative estimate of drug-likeness (QED) is 0.798. The summed E-state index contributed by atoms with van der Waals surface area (Å²) in [6.45, 7) is 2.77. The number of benzene rings is 2. The van der Waals surface area contributed by atoms with Crippen LogP contribution in [0.5, 0.6) is 5.75 Å². The van der Waals surface area contributed by atoms with Gasteiger partial charge in [-0.05, 0) is 36.8 Å². The summed E-state index contributed by atoms with van der Waals surface area (Å²) in [4.78, 5) is 4.33. The lowest BCUT2D eigenvalue weighted by atomic mass is 10.1. The Morgan fingerprint density at radius 3 is 2.73 bits per heavy atom. The first kappa shape index (κ1) is 14.2. The first-order valence-electron chi connectivity index (χ1n) is 6.51. The predicted molar refractivity (Wildman–Crippen MR) is 78.3 cm³/mol. The van der Waals surface area contributed by atoms with Crippen molar-refractivity contribution in [1.82, 2.24) is 15.2 Å². The number of aromatic amines is 1. The van der Waals surface area contributed by atoms with Crippen LogP contribution in [0.3, 0.4) is 0 Å². The Morgan fingerprint density at radius 1 is 1.14 bits per heavy atom. The SMILES string of the molecule is [CH2]c1cccc(-c2n[nH]c(-c3ccc(OCF)c(F)c3)n2)c1. The van der Waals surface area contributed by atoms with E-state index in [1.54, 1.807) is 6.07 Å². The third-order valence-electron chi connectivity index (χ3n) is 3.09. The Labute approximate surface area is 125 Å². The summed E-state index contributed by atoms with van der Waals surface area (Å²) in [5.41, 5.74) is 2.16. The summed E-state index contributed by atoms with van der Waals surface area (Å²) in [5, 5.41) is 6.87. The molecular weight excluding hydrogens is 288 g/mol. The number of hydrogen-bond acceptors (Lipinski definition) is 3. The van der Waals surface area contributed by atoms with Gasteiger partial charge in [0.05, 0.1) is 0 Å². The molecule has 1 N–H and O–H groups in total. The van der Waals surface area contributed by atoms with Gasteiger partial charge in [-0.1, -0.05) is 18.2 Å². The van der Waals surface area contributed by atoms with E-state index in [4.69, 9.17) is 0 Å². The zero-order valence-electron chi connectivity index (χ0n) is 11.5. The Balaban J connectivity index is 1.92. The monoisotopic (exact) mass is 300 g/mol. The van der Waals surface area contributed by atoms with E-state index >= 15 is 0 Å². The standard InChI is InChI=1S/C16H12F2N3O/c1-10-3-2-4-11(7-10)15-19-16(21-20-15)12-5-6-14(22-9-17)13(18)8-12/h2-8H,1,9H2,(H,19,20,21). The van der Waals surface area contributed by atoms with Crippen molar-refractivity contribution in [3.05, 3.63) is 60.8 Å². The number of hydrogen-bond donors (Lipinski definition) is 1. The molecule has 0 unspecified atom stereocenters. The smallest absolute Gasteiger partial charge is 0.228 e. The highest BCUT2D eigenvalue weighted by Gasteiger charge is 2.11. The number of nitrogens with zero attached hydrogens (tertiary/aromatic N) is 2. The van der Waals surface area contributed by atoms with Crippen LogP contribution in [0.2, 0.25) is 0 Å². The maximum atomic E-state index is 13.7. The van der Waals surface area contributed by atoms with E-state index in [9.17, 15) is 8.78 Å². The fourth-order valence-electron chi connectivity index (χ4n) is 2.05. The van der Waals surface area contributed by atoms with Gasteiger partial charge < -0.3 is 4.74 Å². The van der Waals surface area contributed by atoms with Crippen molar-refractivity contribution in [2.75, 3.05) is 6.86 Å². The molecule has 0 amide bonds. The van der Waals surface area contributed by atoms with Gasteiger partial charge in [0.25, 0.3) is 0 Å². The third-order valence-corrected chi connectivity index (χ3v) is 3.09. The van der Waals surface area contributed by atoms with Crippen LogP contribution in [0.15, 0.2) is 42.5 Å². The number of alkyl halides is 1. The van der Waals surface area contributed by atoms with Crippen LogP contribution in [0, 0.1) is 12.7 Å². The Hall–Kier alpha value is -2.76. The molecule has 4 nitrogen and oxygen atoms in total. The number of ether oxygens (including phenoxy) is 1. The van der Waals surface area contributed by atoms with Crippen LogP contribution in [0.4, 0.5) is 8.78 Å². The molecule has 0 fully saturated rings. The normalized spacial score (nSPS) is 10.7. The fraction of sp³-hybridized carbons (Fsp3) is 0.0625. The van der Waals surface area contributed by atoms with Crippen molar-refractivity contribution in [3.63, 3.8) is 0 Å². The van der Waals surface area contributed by atoms with Crippen molar-refractivity contribution in [3.8, 4) is 28.5 Å². The van der Waals surface area contributed by atoms with Gasteiger partial charge in [0.1, 0.15) is 0 Å². The molecule has 0 atom stereocenters. The summed E-state index contributed by atoms with van der Waals surface area (Å²) >= 11 is 0. The Kier molecular flexibility index (Phi) is 3.82. The second-order valence-corrected chi connectivity index (χ2v) is 4.61. The van der Waals surface area contributed by atoms with Gasteiger partial charge in [0, 0.05) is 11.1 Å². The average Bonchev–Trinajstić information content (AvgIpc) is 2.99. The van der Waals surface area contributed by atoms with Gasteiger partial charge in [0.15, 0.2) is 23.2 Å². The largest absolute Gasteiger partial charge is 0.460 e. The molecule has 111 valence electrons. The Morgan fingerprint density at radius 2 is 2.00 bits per heavy atom. The van der Waals surface area contributed by atoms with Gasteiger partial charge in [-0.25, -0.2) is 13.8 Å². The lowest BCUT2D eigenvalue weighted by Gasteiger charge is -2.03. The molecule has 0 saturated heterocycles. The molecule has 2 aromatic carbocycles. The summed E-state index contributed by atoms with van der Waals surface area (Å²) in [7, 11) is 0. The van der Waals surface area contributed by atoms with Gasteiger partial charge in [-0.15, -0.1) is 0 Å². The molecule has 22 heavy (non-hydrogen) atoms. The van der Waals surface area contributed by atoms with Gasteiger partial charge in [0.2, 0.25) is 6.86 Å². The highest BCUT2D eigenvalue weighted by molar-refractivity contribution is 5.62. The highest BCUT2D eigenvalue weighted by Crippen LogP contribution is 2.25. The second-order valence-electron chi connectivity index (χ2n) is 4.61. The molecule has 1 radical (unpaired) electrons. The van der Waals surface area contributed by atoms with E-state index in [1.165, 1.54) is 12.1 Å². The molecule has 0 aliphatic rings. The second kappa shape index (κ2) is 5.93. The number of rotatable bonds is 4. The van der Waals surface area contributed by atoms with Crippen molar-refractivity contribution in [2.24, 2.45) is 0 Å². The van der Waals surface area contributed by atoms with Crippen LogP contribution in [-0.4, -0.2) is 22.0 Å². The van der Waals surface area contributed by atoms with E-state index in [0.717, 1.165) is 11.1 Å². The van der Waals surface area contributed by atoms with Crippen molar-refractivity contribution >= 4 is 0 Å². The Bertz CT molecular complexity index is 802. The van der Waals surface area contributed by atoms with Crippen LogP contribution in [-0.2, 0) is 0 Å². The maximum Gasteiger partial charge on any atom is 0.228 e. The summed E-state index contributed by atoms with van der Waals surface area (Å²) in [5.74, 6) is 0.101. The topological polar surface area (TPSA) is 50.8 Å². The molecule has 6 heteroatoms. The number of halogens is 2. The van der Waals surface area contributed by atoms with Crippen molar-refractivity contribution in [2.45, 2.75) is 0 Å². The van der Waals surface area contributed by atoms with Crippen LogP contribution >= 0.6 is 0 Å². The van der Waals surface area contributed by atoms with E-state index in [1.807, 2.05) is 24.3 Å². The summed E-state index contributed by atoms with van der Waals surface area (Å²) < 4.78 is 30.3. The molecule has 3 aromatic rings. The average molecular weight is 300 g/mol.